The van der Waals surface area contributed by atoms with Crippen LogP contribution in [0.5, 0.6) is 0 Å². The molecular formula is C12H23NO4. The fraction of sp³-hybridized carbons (Fsp3) is 0.750. The van der Waals surface area contributed by atoms with Crippen LogP contribution in [0.25, 0.3) is 0 Å². The topological polar surface area (TPSA) is 89.8 Å². The molecule has 5 nitrogen and oxygen atoms in total. The Kier molecular flexibility index (Phi) is 10.6. The lowest BCUT2D eigenvalue weighted by atomic mass is 9.78. The molecular weight excluding hydrogens is 222 g/mol. The van der Waals surface area contributed by atoms with Gasteiger partial charge in [-0.3, -0.25) is 0 Å². The maximum absolute atomic E-state index is 9.55. The van der Waals surface area contributed by atoms with Crippen LogP contribution in [0.2, 0.25) is 0 Å². The zero-order valence-electron chi connectivity index (χ0n) is 10.7. The SMILES string of the molecule is C#CCNC(=O)O.CCC(C)C(C)(CO)CO. The minimum Gasteiger partial charge on any atom is -0.465 e. The molecule has 0 fully saturated rings. The Morgan fingerprint density at radius 1 is 1.47 bits per heavy atom. The third-order valence-corrected chi connectivity index (χ3v) is 2.87. The fourth-order valence-corrected chi connectivity index (χ4v) is 0.981. The smallest absolute Gasteiger partial charge is 0.405 e. The first-order chi connectivity index (χ1) is 7.87. The van der Waals surface area contributed by atoms with Crippen LogP contribution in [0.4, 0.5) is 4.79 Å². The average molecular weight is 245 g/mol. The highest BCUT2D eigenvalue weighted by atomic mass is 16.4. The van der Waals surface area contributed by atoms with E-state index in [4.69, 9.17) is 21.7 Å². The van der Waals surface area contributed by atoms with Gasteiger partial charge >= 0.3 is 6.09 Å². The van der Waals surface area contributed by atoms with E-state index in [0.717, 1.165) is 6.42 Å². The van der Waals surface area contributed by atoms with E-state index in [2.05, 4.69) is 12.8 Å². The molecule has 17 heavy (non-hydrogen) atoms. The highest BCUT2D eigenvalue weighted by Gasteiger charge is 2.28. The Balaban J connectivity index is 0. The molecule has 0 spiro atoms. The maximum Gasteiger partial charge on any atom is 0.405 e. The lowest BCUT2D eigenvalue weighted by molar-refractivity contribution is 0.0243. The number of aliphatic hydroxyl groups excluding tert-OH is 2. The molecule has 0 bridgehead atoms. The summed E-state index contributed by atoms with van der Waals surface area (Å²) in [6, 6.07) is 0. The average Bonchev–Trinajstić information content (AvgIpc) is 2.34. The van der Waals surface area contributed by atoms with E-state index in [-0.39, 0.29) is 25.2 Å². The summed E-state index contributed by atoms with van der Waals surface area (Å²) in [4.78, 5) is 9.55. The van der Waals surface area contributed by atoms with E-state index < -0.39 is 6.09 Å². The highest BCUT2D eigenvalue weighted by Crippen LogP contribution is 2.27. The molecule has 1 amide bonds. The Bertz CT molecular complexity index is 243. The summed E-state index contributed by atoms with van der Waals surface area (Å²) < 4.78 is 0. The van der Waals surface area contributed by atoms with Crippen molar-refractivity contribution in [1.29, 1.82) is 0 Å². The van der Waals surface area contributed by atoms with Crippen molar-refractivity contribution in [2.45, 2.75) is 27.2 Å². The van der Waals surface area contributed by atoms with Gasteiger partial charge in [-0.1, -0.05) is 33.1 Å². The highest BCUT2D eigenvalue weighted by molar-refractivity contribution is 5.64. The van der Waals surface area contributed by atoms with Crippen LogP contribution in [-0.2, 0) is 0 Å². The zero-order valence-corrected chi connectivity index (χ0v) is 10.7. The van der Waals surface area contributed by atoms with E-state index in [9.17, 15) is 4.79 Å². The van der Waals surface area contributed by atoms with Crippen LogP contribution >= 0.6 is 0 Å². The number of aliphatic hydroxyl groups is 2. The third kappa shape index (κ3) is 8.55. The van der Waals surface area contributed by atoms with Gasteiger partial charge in [0, 0.05) is 5.41 Å². The fourth-order valence-electron chi connectivity index (χ4n) is 0.981. The minimum atomic E-state index is -1.09. The van der Waals surface area contributed by atoms with Crippen LogP contribution in [0.1, 0.15) is 27.2 Å². The van der Waals surface area contributed by atoms with E-state index in [0.29, 0.717) is 5.92 Å². The Hall–Kier alpha value is -1.25. The number of carboxylic acid groups (broad SMARTS) is 1. The number of amides is 1. The molecule has 5 heteroatoms. The Morgan fingerprint density at radius 2 is 1.94 bits per heavy atom. The molecule has 0 rings (SSSR count). The van der Waals surface area contributed by atoms with Crippen LogP contribution in [0.15, 0.2) is 0 Å². The molecule has 0 aromatic heterocycles. The largest absolute Gasteiger partial charge is 0.465 e. The Morgan fingerprint density at radius 3 is 2.06 bits per heavy atom. The quantitative estimate of drug-likeness (QED) is 0.542. The van der Waals surface area contributed by atoms with Crippen molar-refractivity contribution in [1.82, 2.24) is 5.32 Å². The second kappa shape index (κ2) is 9.94. The monoisotopic (exact) mass is 245 g/mol. The van der Waals surface area contributed by atoms with E-state index in [1.54, 1.807) is 0 Å². The molecule has 0 heterocycles. The maximum atomic E-state index is 9.55. The van der Waals surface area contributed by atoms with Gasteiger partial charge in [-0.15, -0.1) is 6.42 Å². The van der Waals surface area contributed by atoms with Gasteiger partial charge in [0.1, 0.15) is 0 Å². The number of rotatable bonds is 5. The van der Waals surface area contributed by atoms with Crippen molar-refractivity contribution < 1.29 is 20.1 Å². The molecule has 0 saturated carbocycles. The summed E-state index contributed by atoms with van der Waals surface area (Å²) in [6.45, 7) is 6.23. The molecule has 100 valence electrons. The third-order valence-electron chi connectivity index (χ3n) is 2.87. The second-order valence-electron chi connectivity index (χ2n) is 4.14. The van der Waals surface area contributed by atoms with Crippen LogP contribution in [0, 0.1) is 23.7 Å². The van der Waals surface area contributed by atoms with Crippen LogP contribution in [0.3, 0.4) is 0 Å². The molecule has 0 aliphatic rings. The molecule has 0 saturated heterocycles. The van der Waals surface area contributed by atoms with Gasteiger partial charge in [0.15, 0.2) is 0 Å². The second-order valence-corrected chi connectivity index (χ2v) is 4.14. The van der Waals surface area contributed by atoms with Crippen LogP contribution < -0.4 is 5.32 Å². The summed E-state index contributed by atoms with van der Waals surface area (Å²) in [5, 5.41) is 27.7. The normalized spacial score (nSPS) is 11.8. The van der Waals surface area contributed by atoms with Gasteiger partial charge in [-0.2, -0.15) is 0 Å². The molecule has 0 aromatic carbocycles. The first kappa shape index (κ1) is 18.1. The molecule has 1 atom stereocenters. The van der Waals surface area contributed by atoms with Gasteiger partial charge in [-0.05, 0) is 5.92 Å². The van der Waals surface area contributed by atoms with Crippen molar-refractivity contribution in [3.05, 3.63) is 0 Å². The molecule has 0 aliphatic heterocycles. The molecule has 0 aromatic rings. The molecule has 0 radical (unpaired) electrons. The number of terminal acetylenes is 1. The van der Waals surface area contributed by atoms with Crippen molar-refractivity contribution in [3.8, 4) is 12.3 Å². The van der Waals surface area contributed by atoms with E-state index in [1.165, 1.54) is 0 Å². The molecule has 1 unspecified atom stereocenters. The predicted molar refractivity (Wildman–Crippen MR) is 66.6 cm³/mol. The summed E-state index contributed by atoms with van der Waals surface area (Å²) in [5.74, 6) is 2.48. The standard InChI is InChI=1S/C8H18O2.C4H5NO2/c1-4-7(2)8(3,5-9)6-10;1-2-3-5-4(6)7/h7,9-10H,4-6H2,1-3H3;1,5H,3H2,(H,6,7). The van der Waals surface area contributed by atoms with Gasteiger partial charge in [0.25, 0.3) is 0 Å². The van der Waals surface area contributed by atoms with Gasteiger partial charge in [-0.25, -0.2) is 4.79 Å². The van der Waals surface area contributed by atoms with Gasteiger partial charge < -0.3 is 20.6 Å². The lowest BCUT2D eigenvalue weighted by Crippen LogP contribution is -2.32. The van der Waals surface area contributed by atoms with Crippen molar-refractivity contribution in [3.63, 3.8) is 0 Å². The minimum absolute atomic E-state index is 0.0680. The number of hydrogen-bond acceptors (Lipinski definition) is 3. The summed E-state index contributed by atoms with van der Waals surface area (Å²) in [7, 11) is 0. The summed E-state index contributed by atoms with van der Waals surface area (Å²) in [5.41, 5.74) is -0.297. The number of nitrogens with one attached hydrogen (secondary N) is 1. The number of hydrogen-bond donors (Lipinski definition) is 4. The van der Waals surface area contributed by atoms with Gasteiger partial charge in [0.05, 0.1) is 19.8 Å². The zero-order chi connectivity index (χ0) is 13.9. The summed E-state index contributed by atoms with van der Waals surface area (Å²) >= 11 is 0. The molecule has 4 N–H and O–H groups in total. The Labute approximate surface area is 103 Å². The first-order valence-electron chi connectivity index (χ1n) is 5.49. The van der Waals surface area contributed by atoms with Crippen molar-refractivity contribution in [2.24, 2.45) is 11.3 Å². The van der Waals surface area contributed by atoms with E-state index in [1.807, 2.05) is 19.2 Å². The van der Waals surface area contributed by atoms with Crippen LogP contribution in [-0.4, -0.2) is 41.2 Å². The van der Waals surface area contributed by atoms with Crippen molar-refractivity contribution in [2.75, 3.05) is 19.8 Å². The van der Waals surface area contributed by atoms with Gasteiger partial charge in [0.2, 0.25) is 0 Å². The predicted octanol–water partition coefficient (Wildman–Crippen LogP) is 0.911. The van der Waals surface area contributed by atoms with Crippen molar-refractivity contribution >= 4 is 6.09 Å². The number of carbonyl (C=O) groups is 1. The first-order valence-corrected chi connectivity index (χ1v) is 5.49. The molecule has 0 aliphatic carbocycles. The summed E-state index contributed by atoms with van der Waals surface area (Å²) in [6.07, 6.45) is 4.61. The van der Waals surface area contributed by atoms with E-state index >= 15 is 0 Å². The lowest BCUT2D eigenvalue weighted by Gasteiger charge is -2.30.